The molecule has 0 aliphatic heterocycles. The van der Waals surface area contributed by atoms with E-state index in [1.807, 2.05) is 48.7 Å². The number of anilines is 1. The Balaban J connectivity index is 1.55. The van der Waals surface area contributed by atoms with Crippen molar-refractivity contribution >= 4 is 22.9 Å². The molecule has 0 saturated heterocycles. The lowest BCUT2D eigenvalue weighted by Crippen LogP contribution is -2.12. The summed E-state index contributed by atoms with van der Waals surface area (Å²) in [4.78, 5) is 20.6. The molecule has 0 fully saturated rings. The summed E-state index contributed by atoms with van der Waals surface area (Å²) in [7, 11) is 0. The van der Waals surface area contributed by atoms with E-state index < -0.39 is 0 Å². The second-order valence-electron chi connectivity index (χ2n) is 5.29. The Morgan fingerprint density at radius 2 is 1.87 bits per heavy atom. The van der Waals surface area contributed by atoms with E-state index in [4.69, 9.17) is 0 Å². The Bertz CT molecular complexity index is 782. The quantitative estimate of drug-likeness (QED) is 0.769. The molecule has 2 heterocycles. The summed E-state index contributed by atoms with van der Waals surface area (Å²) in [6, 6.07) is 11.7. The Morgan fingerprint density at radius 1 is 1.13 bits per heavy atom. The minimum absolute atomic E-state index is 0.00677. The van der Waals surface area contributed by atoms with Crippen molar-refractivity contribution < 1.29 is 4.79 Å². The maximum absolute atomic E-state index is 12.0. The average Bonchev–Trinajstić information content (AvgIpc) is 3.05. The summed E-state index contributed by atoms with van der Waals surface area (Å²) in [5.41, 5.74) is 4.01. The number of hydrogen-bond donors (Lipinski definition) is 1. The van der Waals surface area contributed by atoms with E-state index in [-0.39, 0.29) is 5.91 Å². The highest BCUT2D eigenvalue weighted by molar-refractivity contribution is 7.13. The number of thiazole rings is 1. The monoisotopic (exact) mass is 323 g/mol. The van der Waals surface area contributed by atoms with Gasteiger partial charge < -0.3 is 5.32 Å². The second-order valence-corrected chi connectivity index (χ2v) is 6.15. The summed E-state index contributed by atoms with van der Waals surface area (Å²) in [6.07, 6.45) is 4.57. The van der Waals surface area contributed by atoms with Crippen molar-refractivity contribution in [2.75, 3.05) is 5.32 Å². The SMILES string of the molecule is Cc1ccc(NC(=O)CCc2csc(-c3ccncc3)n2)cc1. The van der Waals surface area contributed by atoms with Gasteiger partial charge in [0.25, 0.3) is 0 Å². The highest BCUT2D eigenvalue weighted by Gasteiger charge is 2.07. The summed E-state index contributed by atoms with van der Waals surface area (Å²) in [5, 5.41) is 5.87. The van der Waals surface area contributed by atoms with Crippen LogP contribution in [0.15, 0.2) is 54.2 Å². The number of benzene rings is 1. The molecule has 0 unspecified atom stereocenters. The van der Waals surface area contributed by atoms with Crippen LogP contribution in [0.25, 0.3) is 10.6 Å². The highest BCUT2D eigenvalue weighted by Crippen LogP contribution is 2.23. The lowest BCUT2D eigenvalue weighted by atomic mass is 10.2. The molecule has 1 aromatic carbocycles. The van der Waals surface area contributed by atoms with Crippen molar-refractivity contribution in [3.05, 3.63) is 65.4 Å². The first-order valence-corrected chi connectivity index (χ1v) is 8.30. The first-order valence-electron chi connectivity index (χ1n) is 7.42. The van der Waals surface area contributed by atoms with Gasteiger partial charge in [-0.3, -0.25) is 9.78 Å². The third-order valence-electron chi connectivity index (χ3n) is 3.42. The van der Waals surface area contributed by atoms with E-state index in [9.17, 15) is 4.79 Å². The molecule has 0 bridgehead atoms. The van der Waals surface area contributed by atoms with Crippen LogP contribution >= 0.6 is 11.3 Å². The van der Waals surface area contributed by atoms with Gasteiger partial charge in [-0.05, 0) is 37.6 Å². The van der Waals surface area contributed by atoms with Crippen molar-refractivity contribution in [1.29, 1.82) is 0 Å². The first kappa shape index (κ1) is 15.4. The van der Waals surface area contributed by atoms with Crippen LogP contribution in [0.4, 0.5) is 5.69 Å². The average molecular weight is 323 g/mol. The highest BCUT2D eigenvalue weighted by atomic mass is 32.1. The third-order valence-corrected chi connectivity index (χ3v) is 4.36. The van der Waals surface area contributed by atoms with Gasteiger partial charge in [-0.15, -0.1) is 11.3 Å². The van der Waals surface area contributed by atoms with Crippen molar-refractivity contribution in [1.82, 2.24) is 9.97 Å². The number of amides is 1. The molecule has 116 valence electrons. The van der Waals surface area contributed by atoms with Crippen molar-refractivity contribution in [3.8, 4) is 10.6 Å². The Kier molecular flexibility index (Phi) is 4.78. The fourth-order valence-electron chi connectivity index (χ4n) is 2.15. The van der Waals surface area contributed by atoms with Crippen LogP contribution in [0.3, 0.4) is 0 Å². The van der Waals surface area contributed by atoms with Gasteiger partial charge in [0.05, 0.1) is 5.69 Å². The molecule has 0 radical (unpaired) electrons. The molecule has 2 aromatic heterocycles. The molecule has 5 heteroatoms. The Hall–Kier alpha value is -2.53. The van der Waals surface area contributed by atoms with Crippen LogP contribution in [-0.4, -0.2) is 15.9 Å². The number of pyridine rings is 1. The molecule has 3 rings (SSSR count). The molecule has 0 atom stereocenters. The fourth-order valence-corrected chi connectivity index (χ4v) is 3.01. The van der Waals surface area contributed by atoms with E-state index in [2.05, 4.69) is 15.3 Å². The summed E-state index contributed by atoms with van der Waals surface area (Å²) >= 11 is 1.59. The zero-order valence-corrected chi connectivity index (χ0v) is 13.6. The number of aromatic nitrogens is 2. The number of aryl methyl sites for hydroxylation is 2. The smallest absolute Gasteiger partial charge is 0.224 e. The van der Waals surface area contributed by atoms with Gasteiger partial charge in [-0.1, -0.05) is 17.7 Å². The van der Waals surface area contributed by atoms with Gasteiger partial charge in [-0.25, -0.2) is 4.98 Å². The van der Waals surface area contributed by atoms with Crippen LogP contribution < -0.4 is 5.32 Å². The summed E-state index contributed by atoms with van der Waals surface area (Å²) in [5.74, 6) is 0.00677. The Labute approximate surface area is 139 Å². The summed E-state index contributed by atoms with van der Waals surface area (Å²) < 4.78 is 0. The minimum atomic E-state index is 0.00677. The minimum Gasteiger partial charge on any atom is -0.326 e. The van der Waals surface area contributed by atoms with Crippen LogP contribution in [0.5, 0.6) is 0 Å². The maximum atomic E-state index is 12.0. The number of rotatable bonds is 5. The topological polar surface area (TPSA) is 54.9 Å². The first-order chi connectivity index (χ1) is 11.2. The molecule has 0 saturated carbocycles. The Morgan fingerprint density at radius 3 is 2.61 bits per heavy atom. The molecule has 1 amide bonds. The third kappa shape index (κ3) is 4.23. The van der Waals surface area contributed by atoms with Crippen LogP contribution in [0.1, 0.15) is 17.7 Å². The zero-order valence-electron chi connectivity index (χ0n) is 12.8. The van der Waals surface area contributed by atoms with E-state index in [1.54, 1.807) is 23.7 Å². The van der Waals surface area contributed by atoms with Gasteiger partial charge in [0.1, 0.15) is 5.01 Å². The van der Waals surface area contributed by atoms with Gasteiger partial charge in [0.15, 0.2) is 0 Å². The molecule has 0 spiro atoms. The van der Waals surface area contributed by atoms with Crippen LogP contribution in [0, 0.1) is 6.92 Å². The normalized spacial score (nSPS) is 10.5. The van der Waals surface area contributed by atoms with E-state index in [0.717, 1.165) is 22.0 Å². The number of carbonyl (C=O) groups excluding carboxylic acids is 1. The van der Waals surface area contributed by atoms with Crippen molar-refractivity contribution in [2.24, 2.45) is 0 Å². The second kappa shape index (κ2) is 7.15. The van der Waals surface area contributed by atoms with Gasteiger partial charge in [-0.2, -0.15) is 0 Å². The van der Waals surface area contributed by atoms with E-state index >= 15 is 0 Å². The molecule has 0 aliphatic carbocycles. The number of carbonyl (C=O) groups is 1. The molecular formula is C18H17N3OS. The standard InChI is InChI=1S/C18H17N3OS/c1-13-2-4-15(5-3-13)20-17(22)7-6-16-12-23-18(21-16)14-8-10-19-11-9-14/h2-5,8-12H,6-7H2,1H3,(H,20,22). The number of nitrogens with one attached hydrogen (secondary N) is 1. The fraction of sp³-hybridized carbons (Fsp3) is 0.167. The molecule has 4 nitrogen and oxygen atoms in total. The number of hydrogen-bond acceptors (Lipinski definition) is 4. The number of nitrogens with zero attached hydrogens (tertiary/aromatic N) is 2. The molecular weight excluding hydrogens is 306 g/mol. The van der Waals surface area contributed by atoms with E-state index in [1.165, 1.54) is 5.56 Å². The van der Waals surface area contributed by atoms with Gasteiger partial charge in [0.2, 0.25) is 5.91 Å². The molecule has 23 heavy (non-hydrogen) atoms. The lowest BCUT2D eigenvalue weighted by Gasteiger charge is -2.04. The maximum Gasteiger partial charge on any atom is 0.224 e. The van der Waals surface area contributed by atoms with Crippen molar-refractivity contribution in [2.45, 2.75) is 19.8 Å². The van der Waals surface area contributed by atoms with Crippen LogP contribution in [0.2, 0.25) is 0 Å². The van der Waals surface area contributed by atoms with Crippen molar-refractivity contribution in [3.63, 3.8) is 0 Å². The molecule has 0 aliphatic rings. The molecule has 1 N–H and O–H groups in total. The lowest BCUT2D eigenvalue weighted by molar-refractivity contribution is -0.116. The predicted molar refractivity (Wildman–Crippen MR) is 93.5 cm³/mol. The zero-order chi connectivity index (χ0) is 16.1. The summed E-state index contributed by atoms with van der Waals surface area (Å²) in [6.45, 7) is 2.02. The van der Waals surface area contributed by atoms with Crippen LogP contribution in [-0.2, 0) is 11.2 Å². The van der Waals surface area contributed by atoms with Gasteiger partial charge in [0, 0.05) is 35.4 Å². The largest absolute Gasteiger partial charge is 0.326 e. The predicted octanol–water partition coefficient (Wildman–Crippen LogP) is 4.08. The van der Waals surface area contributed by atoms with E-state index in [0.29, 0.717) is 12.8 Å². The molecule has 3 aromatic rings. The van der Waals surface area contributed by atoms with Gasteiger partial charge >= 0.3 is 0 Å².